The molecule has 0 aromatic heterocycles. The fraction of sp³-hybridized carbons (Fsp3) is 0.750. The van der Waals surface area contributed by atoms with Crippen molar-refractivity contribution in [1.82, 2.24) is 5.32 Å². The maximum Gasteiger partial charge on any atom is 0.320 e. The quantitative estimate of drug-likeness (QED) is 0.533. The van der Waals surface area contributed by atoms with Crippen molar-refractivity contribution in [2.24, 2.45) is 5.73 Å². The lowest BCUT2D eigenvalue weighted by atomic mass is 9.94. The van der Waals surface area contributed by atoms with Crippen molar-refractivity contribution in [3.05, 3.63) is 0 Å². The lowest BCUT2D eigenvalue weighted by Gasteiger charge is -2.22. The van der Waals surface area contributed by atoms with Gasteiger partial charge in [0.15, 0.2) is 5.78 Å². The monoisotopic (exact) mass is 188 g/mol. The zero-order valence-corrected chi connectivity index (χ0v) is 8.13. The highest BCUT2D eigenvalue weighted by Gasteiger charge is 2.28. The largest absolute Gasteiger partial charge is 0.480 e. The molecule has 76 valence electrons. The SMILES string of the molecule is CNC(C)(C)C(=O)CC(N)C(=O)O. The Morgan fingerprint density at radius 2 is 2.00 bits per heavy atom. The molecule has 0 aromatic carbocycles. The Kier molecular flexibility index (Phi) is 4.03. The molecule has 4 N–H and O–H groups in total. The van der Waals surface area contributed by atoms with Gasteiger partial charge in [0.2, 0.25) is 0 Å². The zero-order chi connectivity index (χ0) is 10.6. The number of hydrogen-bond acceptors (Lipinski definition) is 4. The van der Waals surface area contributed by atoms with E-state index in [9.17, 15) is 9.59 Å². The number of rotatable bonds is 5. The molecule has 0 bridgehead atoms. The summed E-state index contributed by atoms with van der Waals surface area (Å²) in [4.78, 5) is 21.8. The van der Waals surface area contributed by atoms with Gasteiger partial charge in [0.05, 0.1) is 5.54 Å². The van der Waals surface area contributed by atoms with Crippen LogP contribution in [-0.4, -0.2) is 35.5 Å². The lowest BCUT2D eigenvalue weighted by molar-refractivity contribution is -0.140. The molecule has 0 aromatic rings. The van der Waals surface area contributed by atoms with Crippen molar-refractivity contribution in [1.29, 1.82) is 0 Å². The van der Waals surface area contributed by atoms with Crippen LogP contribution < -0.4 is 11.1 Å². The first kappa shape index (κ1) is 12.1. The molecule has 13 heavy (non-hydrogen) atoms. The topological polar surface area (TPSA) is 92.4 Å². The van der Waals surface area contributed by atoms with Gasteiger partial charge < -0.3 is 16.2 Å². The van der Waals surface area contributed by atoms with Gasteiger partial charge in [-0.25, -0.2) is 0 Å². The van der Waals surface area contributed by atoms with E-state index in [0.29, 0.717) is 0 Å². The van der Waals surface area contributed by atoms with Crippen molar-refractivity contribution in [3.8, 4) is 0 Å². The van der Waals surface area contributed by atoms with Crippen LogP contribution in [0.4, 0.5) is 0 Å². The zero-order valence-electron chi connectivity index (χ0n) is 8.13. The van der Waals surface area contributed by atoms with E-state index in [1.54, 1.807) is 20.9 Å². The molecule has 5 nitrogen and oxygen atoms in total. The summed E-state index contributed by atoms with van der Waals surface area (Å²) in [5, 5.41) is 11.3. The minimum absolute atomic E-state index is 0.150. The summed E-state index contributed by atoms with van der Waals surface area (Å²) < 4.78 is 0. The number of ketones is 1. The van der Waals surface area contributed by atoms with E-state index in [4.69, 9.17) is 10.8 Å². The first-order valence-corrected chi connectivity index (χ1v) is 4.02. The summed E-state index contributed by atoms with van der Waals surface area (Å²) in [6.45, 7) is 3.37. The van der Waals surface area contributed by atoms with Gasteiger partial charge in [-0.2, -0.15) is 0 Å². The van der Waals surface area contributed by atoms with E-state index < -0.39 is 17.6 Å². The normalized spacial score (nSPS) is 13.8. The van der Waals surface area contributed by atoms with Gasteiger partial charge in [0, 0.05) is 6.42 Å². The Morgan fingerprint density at radius 1 is 1.54 bits per heavy atom. The minimum Gasteiger partial charge on any atom is -0.480 e. The lowest BCUT2D eigenvalue weighted by Crippen LogP contribution is -2.47. The second-order valence-corrected chi connectivity index (χ2v) is 3.45. The molecule has 0 heterocycles. The van der Waals surface area contributed by atoms with Crippen LogP contribution in [0.3, 0.4) is 0 Å². The van der Waals surface area contributed by atoms with Crippen LogP contribution in [0.25, 0.3) is 0 Å². The molecule has 0 aliphatic rings. The van der Waals surface area contributed by atoms with Crippen molar-refractivity contribution < 1.29 is 14.7 Å². The summed E-state index contributed by atoms with van der Waals surface area (Å²) in [5.74, 6) is -1.36. The summed E-state index contributed by atoms with van der Waals surface area (Å²) in [6.07, 6.45) is -0.150. The van der Waals surface area contributed by atoms with Crippen molar-refractivity contribution in [3.63, 3.8) is 0 Å². The van der Waals surface area contributed by atoms with Gasteiger partial charge in [-0.1, -0.05) is 0 Å². The molecule has 0 aliphatic heterocycles. The molecule has 0 amide bonds. The third kappa shape index (κ3) is 3.52. The average molecular weight is 188 g/mol. The number of nitrogens with one attached hydrogen (secondary N) is 1. The van der Waals surface area contributed by atoms with Crippen LogP contribution in [0.1, 0.15) is 20.3 Å². The number of aliphatic carboxylic acids is 1. The second kappa shape index (κ2) is 4.34. The first-order chi connectivity index (χ1) is 5.81. The number of carboxylic acids is 1. The maximum absolute atomic E-state index is 11.4. The standard InChI is InChI=1S/C8H16N2O3/c1-8(2,10-3)6(11)4-5(9)7(12)13/h5,10H,4,9H2,1-3H3,(H,12,13). The van der Waals surface area contributed by atoms with Gasteiger partial charge >= 0.3 is 5.97 Å². The third-order valence-electron chi connectivity index (χ3n) is 2.04. The number of Topliss-reactive ketones (excluding diaryl/α,β-unsaturated/α-hetero) is 1. The molecule has 0 spiro atoms. The highest BCUT2D eigenvalue weighted by molar-refractivity contribution is 5.91. The third-order valence-corrected chi connectivity index (χ3v) is 2.04. The molecule has 1 unspecified atom stereocenters. The highest BCUT2D eigenvalue weighted by Crippen LogP contribution is 2.07. The number of carboxylic acid groups (broad SMARTS) is 1. The Bertz CT molecular complexity index is 213. The predicted molar refractivity (Wildman–Crippen MR) is 48.4 cm³/mol. The average Bonchev–Trinajstić information content (AvgIpc) is 2.04. The number of likely N-dealkylation sites (N-methyl/N-ethyl adjacent to an activating group) is 1. The number of hydrogen-bond donors (Lipinski definition) is 3. The van der Waals surface area contributed by atoms with Gasteiger partial charge in [0.1, 0.15) is 6.04 Å². The second-order valence-electron chi connectivity index (χ2n) is 3.45. The van der Waals surface area contributed by atoms with Gasteiger partial charge in [-0.3, -0.25) is 9.59 Å². The molecule has 0 fully saturated rings. The molecular weight excluding hydrogens is 172 g/mol. The first-order valence-electron chi connectivity index (χ1n) is 4.02. The van der Waals surface area contributed by atoms with Crippen LogP contribution in [-0.2, 0) is 9.59 Å². The van der Waals surface area contributed by atoms with E-state index in [0.717, 1.165) is 0 Å². The van der Waals surface area contributed by atoms with Gasteiger partial charge in [0.25, 0.3) is 0 Å². The molecule has 0 saturated carbocycles. The summed E-state index contributed by atoms with van der Waals surface area (Å²) >= 11 is 0. The maximum atomic E-state index is 11.4. The minimum atomic E-state index is -1.15. The predicted octanol–water partition coefficient (Wildman–Crippen LogP) is -0.644. The summed E-state index contributed by atoms with van der Waals surface area (Å²) in [6, 6.07) is -1.11. The van der Waals surface area contributed by atoms with Crippen molar-refractivity contribution >= 4 is 11.8 Å². The Labute approximate surface area is 77.3 Å². The van der Waals surface area contributed by atoms with Gasteiger partial charge in [-0.15, -0.1) is 0 Å². The number of carbonyl (C=O) groups is 2. The molecule has 0 saturated heterocycles. The van der Waals surface area contributed by atoms with Crippen molar-refractivity contribution in [2.45, 2.75) is 31.8 Å². The van der Waals surface area contributed by atoms with Crippen molar-refractivity contribution in [2.75, 3.05) is 7.05 Å². The van der Waals surface area contributed by atoms with Crippen LogP contribution in [0.2, 0.25) is 0 Å². The van der Waals surface area contributed by atoms with Crippen LogP contribution in [0.5, 0.6) is 0 Å². The van der Waals surface area contributed by atoms with E-state index >= 15 is 0 Å². The fourth-order valence-electron chi connectivity index (χ4n) is 0.682. The summed E-state index contributed by atoms with van der Waals surface area (Å²) in [5.41, 5.74) is 4.51. The highest BCUT2D eigenvalue weighted by atomic mass is 16.4. The molecule has 5 heteroatoms. The molecule has 0 radical (unpaired) electrons. The molecule has 0 aliphatic carbocycles. The Hall–Kier alpha value is -0.940. The van der Waals surface area contributed by atoms with E-state index in [-0.39, 0.29) is 12.2 Å². The fourth-order valence-corrected chi connectivity index (χ4v) is 0.682. The molecular formula is C8H16N2O3. The molecule has 0 rings (SSSR count). The molecule has 1 atom stereocenters. The Balaban J connectivity index is 4.23. The van der Waals surface area contributed by atoms with Crippen LogP contribution in [0, 0.1) is 0 Å². The summed E-state index contributed by atoms with van der Waals surface area (Å²) in [7, 11) is 1.64. The van der Waals surface area contributed by atoms with Gasteiger partial charge in [-0.05, 0) is 20.9 Å². The number of nitrogens with two attached hydrogens (primary N) is 1. The van der Waals surface area contributed by atoms with E-state index in [2.05, 4.69) is 5.32 Å². The smallest absolute Gasteiger partial charge is 0.320 e. The van der Waals surface area contributed by atoms with Crippen LogP contribution >= 0.6 is 0 Å². The Morgan fingerprint density at radius 3 is 2.31 bits per heavy atom. The van der Waals surface area contributed by atoms with Crippen LogP contribution in [0.15, 0.2) is 0 Å². The van der Waals surface area contributed by atoms with E-state index in [1.807, 2.05) is 0 Å². The van der Waals surface area contributed by atoms with E-state index in [1.165, 1.54) is 0 Å². The number of carbonyl (C=O) groups excluding carboxylic acids is 1.